The standard InChI is InChI=1S/C14H26N4OS.HI/c1-10(8-19-6)17-13(15-5)16-7-12-18-11(9-20-12)14(2,3)4;/h9-10H,7-8H2,1-6H3,(H2,15,16,17);1H. The summed E-state index contributed by atoms with van der Waals surface area (Å²) >= 11 is 1.68. The van der Waals surface area contributed by atoms with E-state index in [0.717, 1.165) is 16.7 Å². The molecule has 7 heteroatoms. The van der Waals surface area contributed by atoms with Gasteiger partial charge in [0.2, 0.25) is 0 Å². The average molecular weight is 426 g/mol. The molecule has 5 nitrogen and oxygen atoms in total. The number of aromatic nitrogens is 1. The molecule has 1 rings (SSSR count). The number of nitrogens with zero attached hydrogens (tertiary/aromatic N) is 2. The molecule has 1 heterocycles. The first kappa shape index (κ1) is 20.6. The quantitative estimate of drug-likeness (QED) is 0.432. The van der Waals surface area contributed by atoms with E-state index in [4.69, 9.17) is 4.74 Å². The number of thiazole rings is 1. The van der Waals surface area contributed by atoms with Gasteiger partial charge in [-0.15, -0.1) is 35.3 Å². The van der Waals surface area contributed by atoms with Crippen molar-refractivity contribution in [2.45, 2.75) is 45.7 Å². The maximum atomic E-state index is 5.10. The van der Waals surface area contributed by atoms with Crippen LogP contribution in [0.5, 0.6) is 0 Å². The number of guanidine groups is 1. The van der Waals surface area contributed by atoms with Crippen LogP contribution in [0, 0.1) is 0 Å². The second-order valence-corrected chi connectivity index (χ2v) is 6.75. The van der Waals surface area contributed by atoms with Gasteiger partial charge in [0.25, 0.3) is 0 Å². The van der Waals surface area contributed by atoms with E-state index in [2.05, 4.69) is 53.7 Å². The lowest BCUT2D eigenvalue weighted by Gasteiger charge is -2.16. The van der Waals surface area contributed by atoms with Crippen LogP contribution in [0.25, 0.3) is 0 Å². The third-order valence-electron chi connectivity index (χ3n) is 2.75. The fraction of sp³-hybridized carbons (Fsp3) is 0.714. The number of rotatable bonds is 5. The summed E-state index contributed by atoms with van der Waals surface area (Å²) in [7, 11) is 3.45. The minimum Gasteiger partial charge on any atom is -0.383 e. The lowest BCUT2D eigenvalue weighted by atomic mass is 9.93. The van der Waals surface area contributed by atoms with E-state index in [0.29, 0.717) is 13.2 Å². The summed E-state index contributed by atoms with van der Waals surface area (Å²) < 4.78 is 5.10. The van der Waals surface area contributed by atoms with Crippen molar-refractivity contribution in [2.24, 2.45) is 4.99 Å². The second-order valence-electron chi connectivity index (χ2n) is 5.80. The average Bonchev–Trinajstić information content (AvgIpc) is 2.83. The Morgan fingerprint density at radius 2 is 2.14 bits per heavy atom. The predicted molar refractivity (Wildman–Crippen MR) is 101 cm³/mol. The van der Waals surface area contributed by atoms with Gasteiger partial charge in [0.05, 0.1) is 18.8 Å². The van der Waals surface area contributed by atoms with Gasteiger partial charge < -0.3 is 15.4 Å². The lowest BCUT2D eigenvalue weighted by molar-refractivity contribution is 0.179. The fourth-order valence-electron chi connectivity index (χ4n) is 1.62. The van der Waals surface area contributed by atoms with E-state index in [1.54, 1.807) is 25.5 Å². The third-order valence-corrected chi connectivity index (χ3v) is 3.60. The second kappa shape index (κ2) is 9.58. The molecule has 1 atom stereocenters. The van der Waals surface area contributed by atoms with Gasteiger partial charge in [-0.05, 0) is 6.92 Å². The molecule has 0 spiro atoms. The number of halogens is 1. The van der Waals surface area contributed by atoms with E-state index in [1.165, 1.54) is 0 Å². The summed E-state index contributed by atoms with van der Waals surface area (Å²) in [6.07, 6.45) is 0. The van der Waals surface area contributed by atoms with Crippen molar-refractivity contribution in [2.75, 3.05) is 20.8 Å². The van der Waals surface area contributed by atoms with Crippen molar-refractivity contribution in [3.63, 3.8) is 0 Å². The van der Waals surface area contributed by atoms with E-state index in [1.807, 2.05) is 0 Å². The fourth-order valence-corrected chi connectivity index (χ4v) is 2.58. The molecule has 0 radical (unpaired) electrons. The highest BCUT2D eigenvalue weighted by molar-refractivity contribution is 14.0. The molecule has 0 saturated carbocycles. The number of hydrogen-bond donors (Lipinski definition) is 2. The summed E-state index contributed by atoms with van der Waals surface area (Å²) in [6.45, 7) is 9.90. The Balaban J connectivity index is 0.00000400. The molecule has 0 bridgehead atoms. The van der Waals surface area contributed by atoms with Crippen molar-refractivity contribution >= 4 is 41.3 Å². The summed E-state index contributed by atoms with van der Waals surface area (Å²) in [4.78, 5) is 8.85. The van der Waals surface area contributed by atoms with Crippen LogP contribution in [0.1, 0.15) is 38.4 Å². The van der Waals surface area contributed by atoms with Crippen molar-refractivity contribution in [3.8, 4) is 0 Å². The van der Waals surface area contributed by atoms with Crippen molar-refractivity contribution in [1.29, 1.82) is 0 Å². The molecule has 0 aromatic carbocycles. The molecule has 1 aromatic rings. The Morgan fingerprint density at radius 1 is 1.48 bits per heavy atom. The smallest absolute Gasteiger partial charge is 0.191 e. The Kier molecular flexibility index (Phi) is 9.39. The van der Waals surface area contributed by atoms with Gasteiger partial charge in [-0.3, -0.25) is 4.99 Å². The number of hydrogen-bond acceptors (Lipinski definition) is 4. The molecule has 21 heavy (non-hydrogen) atoms. The van der Waals surface area contributed by atoms with Crippen LogP contribution in [0.2, 0.25) is 0 Å². The minimum atomic E-state index is 0. The zero-order chi connectivity index (χ0) is 15.2. The molecule has 1 unspecified atom stereocenters. The van der Waals surface area contributed by atoms with Crippen LogP contribution in [-0.2, 0) is 16.7 Å². The Morgan fingerprint density at radius 3 is 2.62 bits per heavy atom. The van der Waals surface area contributed by atoms with Crippen LogP contribution in [0.15, 0.2) is 10.4 Å². The van der Waals surface area contributed by atoms with Gasteiger partial charge in [-0.2, -0.15) is 0 Å². The molecular formula is C14H27IN4OS. The first-order valence-corrected chi connectivity index (χ1v) is 7.65. The molecule has 0 saturated heterocycles. The van der Waals surface area contributed by atoms with Gasteiger partial charge >= 0.3 is 0 Å². The number of ether oxygens (including phenoxy) is 1. The predicted octanol–water partition coefficient (Wildman–Crippen LogP) is 2.76. The molecule has 2 N–H and O–H groups in total. The van der Waals surface area contributed by atoms with Gasteiger partial charge in [-0.25, -0.2) is 4.98 Å². The van der Waals surface area contributed by atoms with Crippen LogP contribution < -0.4 is 10.6 Å². The SMILES string of the molecule is CN=C(NCc1nc(C(C)(C)C)cs1)NC(C)COC.I. The Labute approximate surface area is 149 Å². The first-order valence-electron chi connectivity index (χ1n) is 6.77. The van der Waals surface area contributed by atoms with Crippen LogP contribution in [0.4, 0.5) is 0 Å². The molecule has 1 aromatic heterocycles. The first-order chi connectivity index (χ1) is 9.36. The van der Waals surface area contributed by atoms with E-state index < -0.39 is 0 Å². The van der Waals surface area contributed by atoms with Crippen molar-refractivity contribution in [3.05, 3.63) is 16.1 Å². The van der Waals surface area contributed by atoms with Gasteiger partial charge in [0.15, 0.2) is 5.96 Å². The maximum Gasteiger partial charge on any atom is 0.191 e. The van der Waals surface area contributed by atoms with E-state index in [-0.39, 0.29) is 35.4 Å². The highest BCUT2D eigenvalue weighted by atomic mass is 127. The van der Waals surface area contributed by atoms with Crippen molar-refractivity contribution in [1.82, 2.24) is 15.6 Å². The normalized spacial score (nSPS) is 13.5. The largest absolute Gasteiger partial charge is 0.383 e. The molecule has 0 aliphatic heterocycles. The van der Waals surface area contributed by atoms with Crippen molar-refractivity contribution < 1.29 is 4.74 Å². The monoisotopic (exact) mass is 426 g/mol. The highest BCUT2D eigenvalue weighted by Crippen LogP contribution is 2.23. The zero-order valence-electron chi connectivity index (χ0n) is 13.7. The third kappa shape index (κ3) is 7.42. The number of methoxy groups -OCH3 is 1. The Hall–Kier alpha value is -0.410. The van der Waals surface area contributed by atoms with Gasteiger partial charge in [-0.1, -0.05) is 20.8 Å². The molecule has 0 amide bonds. The molecular weight excluding hydrogens is 399 g/mol. The summed E-state index contributed by atoms with van der Waals surface area (Å²) in [5, 5.41) is 9.73. The Bertz CT molecular complexity index is 442. The summed E-state index contributed by atoms with van der Waals surface area (Å²) in [5.74, 6) is 0.766. The highest BCUT2D eigenvalue weighted by Gasteiger charge is 2.17. The van der Waals surface area contributed by atoms with E-state index in [9.17, 15) is 0 Å². The number of aliphatic imine (C=N–C) groups is 1. The maximum absolute atomic E-state index is 5.10. The summed E-state index contributed by atoms with van der Waals surface area (Å²) in [5.41, 5.74) is 1.23. The van der Waals surface area contributed by atoms with Gasteiger partial charge in [0, 0.05) is 31.0 Å². The topological polar surface area (TPSA) is 58.5 Å². The lowest BCUT2D eigenvalue weighted by Crippen LogP contribution is -2.43. The van der Waals surface area contributed by atoms with Crippen LogP contribution in [-0.4, -0.2) is 37.7 Å². The summed E-state index contributed by atoms with van der Waals surface area (Å²) in [6, 6.07) is 0.215. The molecule has 0 fully saturated rings. The minimum absolute atomic E-state index is 0. The van der Waals surface area contributed by atoms with Gasteiger partial charge in [0.1, 0.15) is 5.01 Å². The molecule has 0 aliphatic rings. The zero-order valence-corrected chi connectivity index (χ0v) is 16.8. The van der Waals surface area contributed by atoms with E-state index >= 15 is 0 Å². The van der Waals surface area contributed by atoms with Crippen LogP contribution >= 0.6 is 35.3 Å². The molecule has 122 valence electrons. The number of nitrogens with one attached hydrogen (secondary N) is 2. The molecule has 0 aliphatic carbocycles. The van der Waals surface area contributed by atoms with Crippen LogP contribution in [0.3, 0.4) is 0 Å².